The molecule has 6 nitrogen and oxygen atoms in total. The van der Waals surface area contributed by atoms with Crippen molar-refractivity contribution < 1.29 is 24.2 Å². The van der Waals surface area contributed by atoms with E-state index in [0.29, 0.717) is 12.4 Å². The van der Waals surface area contributed by atoms with Gasteiger partial charge in [-0.15, -0.1) is 0 Å². The summed E-state index contributed by atoms with van der Waals surface area (Å²) >= 11 is 0. The van der Waals surface area contributed by atoms with E-state index in [1.807, 2.05) is 27.7 Å². The molecular formula is C20H29NO5. The summed E-state index contributed by atoms with van der Waals surface area (Å²) in [5.41, 5.74) is 0.537. The average Bonchev–Trinajstić information content (AvgIpc) is 2.55. The molecule has 2 rings (SSSR count). The van der Waals surface area contributed by atoms with E-state index in [1.165, 1.54) is 0 Å². The molecule has 1 aliphatic carbocycles. The van der Waals surface area contributed by atoms with Gasteiger partial charge in [-0.3, -0.25) is 4.79 Å². The number of anilines is 1. The summed E-state index contributed by atoms with van der Waals surface area (Å²) in [4.78, 5) is 23.3. The Morgan fingerprint density at radius 2 is 1.85 bits per heavy atom. The third-order valence-electron chi connectivity index (χ3n) is 4.36. The van der Waals surface area contributed by atoms with Crippen LogP contribution in [0.15, 0.2) is 18.2 Å². The van der Waals surface area contributed by atoms with E-state index < -0.39 is 11.6 Å². The van der Waals surface area contributed by atoms with Crippen LogP contribution in [0.3, 0.4) is 0 Å². The number of hydrogen-bond acceptors (Lipinski definition) is 5. The van der Waals surface area contributed by atoms with E-state index in [9.17, 15) is 9.59 Å². The predicted octanol–water partition coefficient (Wildman–Crippen LogP) is 4.10. The minimum Gasteiger partial charge on any atom is -0.492 e. The number of nitrogens with one attached hydrogen (secondary N) is 1. The number of rotatable bonds is 6. The van der Waals surface area contributed by atoms with Gasteiger partial charge >= 0.3 is 11.9 Å². The molecule has 2 N–H and O–H groups in total. The Morgan fingerprint density at radius 1 is 1.19 bits per heavy atom. The summed E-state index contributed by atoms with van der Waals surface area (Å²) in [6.07, 6.45) is 3.28. The monoisotopic (exact) mass is 363 g/mol. The van der Waals surface area contributed by atoms with Crippen LogP contribution in [-0.2, 0) is 9.53 Å². The molecule has 0 unspecified atom stereocenters. The summed E-state index contributed by atoms with van der Waals surface area (Å²) in [6.45, 7) is 7.97. The third kappa shape index (κ3) is 5.64. The van der Waals surface area contributed by atoms with Gasteiger partial charge in [-0.1, -0.05) is 0 Å². The van der Waals surface area contributed by atoms with Crippen LogP contribution in [0.4, 0.5) is 5.69 Å². The van der Waals surface area contributed by atoms with Gasteiger partial charge in [0.05, 0.1) is 23.8 Å². The maximum absolute atomic E-state index is 12.2. The predicted molar refractivity (Wildman–Crippen MR) is 99.8 cm³/mol. The molecule has 1 aromatic rings. The second kappa shape index (κ2) is 8.43. The lowest BCUT2D eigenvalue weighted by molar-refractivity contribution is -0.161. The summed E-state index contributed by atoms with van der Waals surface area (Å²) in [6, 6.07) is 5.08. The van der Waals surface area contributed by atoms with E-state index in [4.69, 9.17) is 14.6 Å². The zero-order valence-corrected chi connectivity index (χ0v) is 16.0. The van der Waals surface area contributed by atoms with Gasteiger partial charge in [0, 0.05) is 6.04 Å². The van der Waals surface area contributed by atoms with Gasteiger partial charge in [-0.2, -0.15) is 0 Å². The zero-order chi connectivity index (χ0) is 19.3. The van der Waals surface area contributed by atoms with Crippen LogP contribution in [0, 0.1) is 5.92 Å². The lowest BCUT2D eigenvalue weighted by Gasteiger charge is -2.31. The Bertz CT molecular complexity index is 642. The highest BCUT2D eigenvalue weighted by Gasteiger charge is 2.30. The SMILES string of the molecule is CCOc1cc(C(=O)O)ccc1NC1CCC(C(=O)OC(C)(C)C)CC1. The number of carbonyl (C=O) groups excluding carboxylic acids is 1. The Balaban J connectivity index is 1.96. The quantitative estimate of drug-likeness (QED) is 0.740. The molecule has 1 saturated carbocycles. The molecule has 0 amide bonds. The number of esters is 1. The van der Waals surface area contributed by atoms with Crippen LogP contribution in [0.25, 0.3) is 0 Å². The second-order valence-electron chi connectivity index (χ2n) is 7.68. The van der Waals surface area contributed by atoms with Gasteiger partial charge in [-0.25, -0.2) is 4.79 Å². The lowest BCUT2D eigenvalue weighted by Crippen LogP contribution is -2.33. The maximum Gasteiger partial charge on any atom is 0.335 e. The van der Waals surface area contributed by atoms with Gasteiger partial charge in [-0.05, 0) is 71.6 Å². The molecule has 0 aliphatic heterocycles. The van der Waals surface area contributed by atoms with Crippen molar-refractivity contribution in [2.75, 3.05) is 11.9 Å². The number of benzene rings is 1. The van der Waals surface area contributed by atoms with E-state index in [0.717, 1.165) is 31.4 Å². The molecular weight excluding hydrogens is 334 g/mol. The molecule has 0 heterocycles. The highest BCUT2D eigenvalue weighted by molar-refractivity contribution is 5.89. The molecule has 144 valence electrons. The Kier molecular flexibility index (Phi) is 6.51. The summed E-state index contributed by atoms with van der Waals surface area (Å²) in [7, 11) is 0. The second-order valence-corrected chi connectivity index (χ2v) is 7.68. The first-order valence-electron chi connectivity index (χ1n) is 9.19. The minimum atomic E-state index is -0.977. The van der Waals surface area contributed by atoms with Crippen LogP contribution in [0.5, 0.6) is 5.75 Å². The normalized spacial score (nSPS) is 20.3. The number of carboxylic acid groups (broad SMARTS) is 1. The fraction of sp³-hybridized carbons (Fsp3) is 0.600. The largest absolute Gasteiger partial charge is 0.492 e. The molecule has 26 heavy (non-hydrogen) atoms. The number of carboxylic acids is 1. The molecule has 0 aromatic heterocycles. The molecule has 0 saturated heterocycles. The van der Waals surface area contributed by atoms with Crippen LogP contribution in [-0.4, -0.2) is 35.3 Å². The van der Waals surface area contributed by atoms with Crippen LogP contribution in [0.2, 0.25) is 0 Å². The molecule has 0 spiro atoms. The molecule has 0 bridgehead atoms. The van der Waals surface area contributed by atoms with Gasteiger partial charge in [0.15, 0.2) is 0 Å². The van der Waals surface area contributed by atoms with Crippen molar-refractivity contribution in [3.8, 4) is 5.75 Å². The topological polar surface area (TPSA) is 84.9 Å². The van der Waals surface area contributed by atoms with Gasteiger partial charge < -0.3 is 19.9 Å². The zero-order valence-electron chi connectivity index (χ0n) is 16.0. The van der Waals surface area contributed by atoms with Crippen molar-refractivity contribution in [1.82, 2.24) is 0 Å². The standard InChI is InChI=1S/C20H29NO5/c1-5-25-17-12-14(18(22)23)8-11-16(17)21-15-9-6-13(7-10-15)19(24)26-20(2,3)4/h8,11-13,15,21H,5-7,9-10H2,1-4H3,(H,22,23). The van der Waals surface area contributed by atoms with E-state index >= 15 is 0 Å². The smallest absolute Gasteiger partial charge is 0.335 e. The fourth-order valence-electron chi connectivity index (χ4n) is 3.13. The van der Waals surface area contributed by atoms with Crippen molar-refractivity contribution in [2.45, 2.75) is 65.0 Å². The molecule has 1 aromatic carbocycles. The minimum absolute atomic E-state index is 0.0481. The van der Waals surface area contributed by atoms with Crippen molar-refractivity contribution in [2.24, 2.45) is 5.92 Å². The van der Waals surface area contributed by atoms with Crippen molar-refractivity contribution in [1.29, 1.82) is 0 Å². The number of carbonyl (C=O) groups is 2. The van der Waals surface area contributed by atoms with Crippen molar-refractivity contribution >= 4 is 17.6 Å². The number of hydrogen-bond donors (Lipinski definition) is 2. The summed E-state index contributed by atoms with van der Waals surface area (Å²) in [5.74, 6) is -0.596. The van der Waals surface area contributed by atoms with Crippen LogP contribution >= 0.6 is 0 Å². The maximum atomic E-state index is 12.2. The van der Waals surface area contributed by atoms with Gasteiger partial charge in [0.25, 0.3) is 0 Å². The first kappa shape index (κ1) is 20.1. The molecule has 1 fully saturated rings. The van der Waals surface area contributed by atoms with Gasteiger partial charge in [0.1, 0.15) is 11.4 Å². The molecule has 6 heteroatoms. The van der Waals surface area contributed by atoms with Crippen molar-refractivity contribution in [3.63, 3.8) is 0 Å². The first-order chi connectivity index (χ1) is 12.2. The van der Waals surface area contributed by atoms with E-state index in [-0.39, 0.29) is 23.5 Å². The first-order valence-corrected chi connectivity index (χ1v) is 9.19. The number of aromatic carboxylic acids is 1. The molecule has 0 radical (unpaired) electrons. The average molecular weight is 363 g/mol. The van der Waals surface area contributed by atoms with Crippen molar-refractivity contribution in [3.05, 3.63) is 23.8 Å². The summed E-state index contributed by atoms with van der Waals surface area (Å²) < 4.78 is 11.1. The van der Waals surface area contributed by atoms with Crippen LogP contribution < -0.4 is 10.1 Å². The van der Waals surface area contributed by atoms with E-state index in [1.54, 1.807) is 18.2 Å². The highest BCUT2D eigenvalue weighted by atomic mass is 16.6. The Labute approximate surface area is 154 Å². The third-order valence-corrected chi connectivity index (χ3v) is 4.36. The lowest BCUT2D eigenvalue weighted by atomic mass is 9.86. The molecule has 1 aliphatic rings. The Morgan fingerprint density at radius 3 is 2.38 bits per heavy atom. The molecule has 0 atom stereocenters. The fourth-order valence-corrected chi connectivity index (χ4v) is 3.13. The van der Waals surface area contributed by atoms with Gasteiger partial charge in [0.2, 0.25) is 0 Å². The highest BCUT2D eigenvalue weighted by Crippen LogP contribution is 2.32. The summed E-state index contributed by atoms with van der Waals surface area (Å²) in [5, 5.41) is 12.6. The van der Waals surface area contributed by atoms with E-state index in [2.05, 4.69) is 5.32 Å². The number of ether oxygens (including phenoxy) is 2. The Hall–Kier alpha value is -2.24. The van der Waals surface area contributed by atoms with Crippen LogP contribution in [0.1, 0.15) is 63.7 Å².